The van der Waals surface area contributed by atoms with Crippen LogP contribution < -0.4 is 0 Å². The van der Waals surface area contributed by atoms with Crippen LogP contribution in [-0.2, 0) is 49.4 Å². The normalized spacial score (nSPS) is 32.9. The molecule has 14 atom stereocenters. The van der Waals surface area contributed by atoms with E-state index < -0.39 is 83.9 Å². The number of carbonyl (C=O) groups excluding carboxylic acids is 4. The first-order chi connectivity index (χ1) is 37.4. The van der Waals surface area contributed by atoms with Crippen molar-refractivity contribution >= 4 is 34.2 Å². The minimum atomic E-state index is -2.51. The van der Waals surface area contributed by atoms with E-state index in [0.717, 1.165) is 18.7 Å². The summed E-state index contributed by atoms with van der Waals surface area (Å²) in [7, 11) is 6.75. The Bertz CT molecular complexity index is 2510. The van der Waals surface area contributed by atoms with Crippen LogP contribution in [0.5, 0.6) is 0 Å². The highest BCUT2D eigenvalue weighted by molar-refractivity contribution is 6.39. The number of piperidine rings is 1. The fourth-order valence-electron chi connectivity index (χ4n) is 11.8. The lowest BCUT2D eigenvalue weighted by atomic mass is 9.81. The number of hydrogen-bond acceptors (Lipinski definition) is 13. The first kappa shape index (κ1) is 65.0. The van der Waals surface area contributed by atoms with Gasteiger partial charge in [-0.1, -0.05) is 105 Å². The van der Waals surface area contributed by atoms with Gasteiger partial charge in [-0.15, -0.1) is 6.58 Å². The van der Waals surface area contributed by atoms with E-state index in [-0.39, 0.29) is 54.9 Å². The molecule has 4 aliphatic rings. The Morgan fingerprint density at radius 2 is 1.58 bits per heavy atom. The highest BCUT2D eigenvalue weighted by atomic mass is 16.7. The van der Waals surface area contributed by atoms with Crippen LogP contribution in [0.25, 0.3) is 10.8 Å². The van der Waals surface area contributed by atoms with Crippen LogP contribution >= 0.6 is 0 Å². The fourth-order valence-corrected chi connectivity index (χ4v) is 11.8. The highest BCUT2D eigenvalue weighted by Crippen LogP contribution is 2.39. The van der Waals surface area contributed by atoms with Crippen LogP contribution in [0, 0.1) is 46.8 Å². The van der Waals surface area contributed by atoms with E-state index in [1.807, 2.05) is 39.0 Å². The van der Waals surface area contributed by atoms with E-state index in [1.54, 1.807) is 27.0 Å². The maximum atomic E-state index is 14.3. The molecule has 79 heavy (non-hydrogen) atoms. The average molecular weight is 1100 g/mol. The van der Waals surface area contributed by atoms with E-state index in [4.69, 9.17) is 23.7 Å². The fraction of sp³-hybridized carbons (Fsp3) is 0.631. The summed E-state index contributed by atoms with van der Waals surface area (Å²) in [5.41, 5.74) is 3.05. The van der Waals surface area contributed by atoms with Gasteiger partial charge in [0.1, 0.15) is 24.0 Å². The van der Waals surface area contributed by atoms with Gasteiger partial charge in [-0.2, -0.15) is 0 Å². The number of ketones is 2. The number of ether oxygens (including phenoxy) is 5. The zero-order chi connectivity index (χ0) is 58.2. The molecule has 6 rings (SSSR count). The molecule has 3 fully saturated rings. The van der Waals surface area contributed by atoms with E-state index in [9.17, 15) is 34.5 Å². The van der Waals surface area contributed by atoms with Gasteiger partial charge in [0, 0.05) is 70.6 Å². The molecule has 0 spiro atoms. The molecule has 2 aromatic carbocycles. The van der Waals surface area contributed by atoms with Crippen molar-refractivity contribution < 1.29 is 58.2 Å². The molecule has 0 unspecified atom stereocenters. The van der Waals surface area contributed by atoms with Gasteiger partial charge < -0.3 is 43.9 Å². The summed E-state index contributed by atoms with van der Waals surface area (Å²) in [4.78, 5) is 60.1. The third-order valence-electron chi connectivity index (χ3n) is 16.3. The van der Waals surface area contributed by atoms with E-state index in [2.05, 4.69) is 99.7 Å². The summed E-state index contributed by atoms with van der Waals surface area (Å²) >= 11 is 0. The predicted molar refractivity (Wildman–Crippen MR) is 309 cm³/mol. The Balaban J connectivity index is 0.000000433. The van der Waals surface area contributed by atoms with Crippen molar-refractivity contribution in [2.24, 2.45) is 35.0 Å². The van der Waals surface area contributed by atoms with Gasteiger partial charge >= 0.3 is 5.97 Å². The van der Waals surface area contributed by atoms with Crippen molar-refractivity contribution in [2.75, 3.05) is 41.5 Å². The Kier molecular flexibility index (Phi) is 24.9. The molecule has 0 radical (unpaired) electrons. The molecule has 436 valence electrons. The molecule has 14 nitrogen and oxygen atoms in total. The lowest BCUT2D eigenvalue weighted by Crippen LogP contribution is -2.64. The van der Waals surface area contributed by atoms with Gasteiger partial charge in [0.15, 0.2) is 0 Å². The molecular formula is C65H94N2O12. The van der Waals surface area contributed by atoms with Gasteiger partial charge in [-0.25, -0.2) is 4.79 Å². The molecule has 2 aromatic rings. The third-order valence-corrected chi connectivity index (χ3v) is 16.3. The quantitative estimate of drug-likeness (QED) is 0.0839. The number of hydrogen-bond donors (Lipinski definition) is 3. The standard InChI is InChI=1S/C44H69NO12.C21H25N/c1-10-13-31-19-25(2)18-26(3)20-37(54-8)40-38(55-9)22-28(5)44(52,57-40)41(49)42(50)45-17-12-11-14-32(45)43(51)56-39(29(6)34(47)24-35(31)48)27(4)21-30-15-16-33(46)36(23-30)53-7;1-21(2,3)15-8-5-9-16-22(4)17-19-13-10-12-18-11-6-7-14-20(18)19/h10,19,21,26,28-34,36-40,46-47,52H,1,11-18,20,22-24H2,2-9H3;5-7,9-14H,16-17H2,1-4H3/b25-19-,27-21+;9-5+/t26-,28+,29+,30-,31+,32-,33+,34-,36+,37-,38-,39+,40+,44+;/m0./s1. The molecule has 2 bridgehead atoms. The topological polar surface area (TPSA) is 182 Å². The van der Waals surface area contributed by atoms with E-state index >= 15 is 0 Å². The van der Waals surface area contributed by atoms with Crippen molar-refractivity contribution in [1.82, 2.24) is 9.80 Å². The largest absolute Gasteiger partial charge is 0.456 e. The lowest BCUT2D eigenvalue weighted by Gasteiger charge is -2.47. The van der Waals surface area contributed by atoms with Crippen LogP contribution in [0.3, 0.4) is 0 Å². The van der Waals surface area contributed by atoms with Crippen molar-refractivity contribution in [3.05, 3.63) is 96.1 Å². The maximum Gasteiger partial charge on any atom is 0.329 e. The number of fused-ring (bicyclic) bond motifs is 4. The molecule has 0 aromatic heterocycles. The highest BCUT2D eigenvalue weighted by Gasteiger charge is 2.56. The second-order valence-electron chi connectivity index (χ2n) is 24.0. The number of likely N-dealkylation sites (N-methyl/N-ethyl adjacent to an activating group) is 1. The van der Waals surface area contributed by atoms with Crippen LogP contribution in [0.1, 0.15) is 132 Å². The number of benzene rings is 2. The SMILES string of the molecule is C=CC[C@@H]1/C=C(/C)C[C@H](C)C[C@H](OC)[C@H]2O[C@@](O)(C(=O)C(=O)N3CCCC[C@H]3C(=O)O[C@H](/C(C)=C/[C@@H]3CC[C@@H](O)[C@H](OC)C3)[C@H](C)[C@@H](O)CC1=O)[C@H](C)C[C@@H]2OC.CN(C/C=C/C#CC(C)(C)C)Cc1cccc2ccccc12. The summed E-state index contributed by atoms with van der Waals surface area (Å²) in [5, 5.41) is 36.8. The summed E-state index contributed by atoms with van der Waals surface area (Å²) in [6, 6.07) is 13.9. The Hall–Kier alpha value is -4.82. The second-order valence-corrected chi connectivity index (χ2v) is 24.0. The van der Waals surface area contributed by atoms with Crippen molar-refractivity contribution in [3.63, 3.8) is 0 Å². The number of aliphatic hydroxyl groups excluding tert-OH is 2. The van der Waals surface area contributed by atoms with Crippen LogP contribution in [0.2, 0.25) is 0 Å². The molecule has 14 heteroatoms. The summed E-state index contributed by atoms with van der Waals surface area (Å²) < 4.78 is 29.7. The molecule has 3 N–H and O–H groups in total. The van der Waals surface area contributed by atoms with Crippen molar-refractivity contribution in [2.45, 2.75) is 187 Å². The number of methoxy groups -OCH3 is 3. The number of aliphatic hydroxyl groups is 3. The third kappa shape index (κ3) is 18.1. The van der Waals surface area contributed by atoms with Crippen molar-refractivity contribution in [1.29, 1.82) is 0 Å². The van der Waals surface area contributed by atoms with Gasteiger partial charge in [-0.05, 0) is 146 Å². The van der Waals surface area contributed by atoms with E-state index in [1.165, 1.54) is 35.5 Å². The number of carbonyl (C=O) groups is 4. The number of rotatable bonds is 11. The molecule has 1 amide bonds. The Labute approximate surface area is 472 Å². The van der Waals surface area contributed by atoms with Crippen LogP contribution in [-0.4, -0.2) is 145 Å². The van der Waals surface area contributed by atoms with Gasteiger partial charge in [0.2, 0.25) is 5.79 Å². The van der Waals surface area contributed by atoms with Crippen LogP contribution in [0.4, 0.5) is 0 Å². The van der Waals surface area contributed by atoms with Gasteiger partial charge in [0.05, 0.1) is 30.5 Å². The Morgan fingerprint density at radius 3 is 2.27 bits per heavy atom. The molecule has 1 aliphatic carbocycles. The molecule has 2 saturated heterocycles. The summed E-state index contributed by atoms with van der Waals surface area (Å²) in [5.74, 6) is -1.43. The first-order valence-corrected chi connectivity index (χ1v) is 28.7. The molecule has 1 saturated carbocycles. The summed E-state index contributed by atoms with van der Waals surface area (Å²) in [6.07, 6.45) is 9.02. The van der Waals surface area contributed by atoms with Crippen molar-refractivity contribution in [3.8, 4) is 11.8 Å². The summed E-state index contributed by atoms with van der Waals surface area (Å²) in [6.45, 7) is 21.3. The first-order valence-electron chi connectivity index (χ1n) is 28.7. The number of amides is 1. The maximum absolute atomic E-state index is 14.3. The zero-order valence-electron chi connectivity index (χ0n) is 49.5. The van der Waals surface area contributed by atoms with Gasteiger partial charge in [0.25, 0.3) is 11.7 Å². The van der Waals surface area contributed by atoms with Gasteiger partial charge in [-0.3, -0.25) is 19.3 Å². The monoisotopic (exact) mass is 1090 g/mol. The number of nitrogens with zero attached hydrogens (tertiary/aromatic N) is 2. The Morgan fingerprint density at radius 1 is 0.899 bits per heavy atom. The molecular weight excluding hydrogens is 1000 g/mol. The number of Topliss-reactive ketones (excluding diaryl/α,β-unsaturated/α-hetero) is 2. The smallest absolute Gasteiger partial charge is 0.329 e. The molecule has 3 heterocycles. The minimum absolute atomic E-state index is 0.00988. The number of allylic oxidation sites excluding steroid dienone is 5. The molecule has 3 aliphatic heterocycles. The van der Waals surface area contributed by atoms with Crippen LogP contribution in [0.15, 0.2) is 90.6 Å². The number of esters is 1. The second kappa shape index (κ2) is 30.3. The average Bonchev–Trinajstić information content (AvgIpc) is 3.42. The van der Waals surface area contributed by atoms with E-state index in [0.29, 0.717) is 56.9 Å². The minimum Gasteiger partial charge on any atom is -0.456 e. The predicted octanol–water partition coefficient (Wildman–Crippen LogP) is 9.52. The number of cyclic esters (lactones) is 1. The lowest BCUT2D eigenvalue weighted by molar-refractivity contribution is -0.302. The zero-order valence-corrected chi connectivity index (χ0v) is 49.5.